The summed E-state index contributed by atoms with van der Waals surface area (Å²) in [4.78, 5) is 0. The molecule has 1 aliphatic rings. The van der Waals surface area contributed by atoms with Crippen molar-refractivity contribution in [1.29, 1.82) is 0 Å². The van der Waals surface area contributed by atoms with Gasteiger partial charge in [0.2, 0.25) is 0 Å². The fourth-order valence-corrected chi connectivity index (χ4v) is 0.793. The molecule has 1 rings (SSSR count). The summed E-state index contributed by atoms with van der Waals surface area (Å²) in [5.74, 6) is 0.696. The molecular formula is C7H11F2O. The highest BCUT2D eigenvalue weighted by atomic mass is 19.3. The molecule has 3 heteroatoms. The fraction of sp³-hybridized carbons (Fsp3) is 0.857. The Kier molecular flexibility index (Phi) is 3.06. The highest BCUT2D eigenvalue weighted by molar-refractivity contribution is 4.86. The predicted octanol–water partition coefficient (Wildman–Crippen LogP) is 2.23. The van der Waals surface area contributed by atoms with Crippen LogP contribution in [0.4, 0.5) is 8.78 Å². The van der Waals surface area contributed by atoms with E-state index in [4.69, 9.17) is 0 Å². The average molecular weight is 149 g/mol. The van der Waals surface area contributed by atoms with Crippen molar-refractivity contribution in [1.82, 2.24) is 0 Å². The van der Waals surface area contributed by atoms with Gasteiger partial charge in [0.25, 0.3) is 0 Å². The molecule has 1 nitrogen and oxygen atoms in total. The maximum Gasteiger partial charge on any atom is 0.345 e. The summed E-state index contributed by atoms with van der Waals surface area (Å²) in [6, 6.07) is 0. The zero-order valence-corrected chi connectivity index (χ0v) is 5.72. The molecule has 1 radical (unpaired) electrons. The lowest BCUT2D eigenvalue weighted by Crippen LogP contribution is -2.00. The normalized spacial score (nSPS) is 18.3. The van der Waals surface area contributed by atoms with Crippen LogP contribution in [-0.4, -0.2) is 13.2 Å². The molecule has 0 aliphatic heterocycles. The van der Waals surface area contributed by atoms with Crippen molar-refractivity contribution in [3.63, 3.8) is 0 Å². The van der Waals surface area contributed by atoms with Gasteiger partial charge in [-0.15, -0.1) is 0 Å². The van der Waals surface area contributed by atoms with Crippen molar-refractivity contribution in [3.05, 3.63) is 6.42 Å². The molecule has 1 aliphatic carbocycles. The number of rotatable bonds is 5. The van der Waals surface area contributed by atoms with E-state index in [1.165, 1.54) is 12.8 Å². The zero-order chi connectivity index (χ0) is 7.40. The Labute approximate surface area is 59.4 Å². The van der Waals surface area contributed by atoms with Crippen LogP contribution in [0.5, 0.6) is 0 Å². The van der Waals surface area contributed by atoms with Crippen LogP contribution in [0.2, 0.25) is 0 Å². The van der Waals surface area contributed by atoms with E-state index in [1.54, 1.807) is 0 Å². The van der Waals surface area contributed by atoms with Gasteiger partial charge in [-0.3, -0.25) is 0 Å². The Morgan fingerprint density at radius 1 is 1.50 bits per heavy atom. The van der Waals surface area contributed by atoms with Gasteiger partial charge in [-0.05, 0) is 31.6 Å². The number of halogens is 2. The molecule has 0 aromatic rings. The number of alkyl halides is 2. The van der Waals surface area contributed by atoms with E-state index in [2.05, 4.69) is 11.2 Å². The van der Waals surface area contributed by atoms with Crippen molar-refractivity contribution >= 4 is 0 Å². The Morgan fingerprint density at radius 2 is 2.20 bits per heavy atom. The minimum absolute atomic E-state index is 0.161. The summed E-state index contributed by atoms with van der Waals surface area (Å²) in [5, 5.41) is 0. The molecule has 0 unspecified atom stereocenters. The van der Waals surface area contributed by atoms with Crippen LogP contribution in [0.3, 0.4) is 0 Å². The van der Waals surface area contributed by atoms with E-state index in [0.717, 1.165) is 0 Å². The van der Waals surface area contributed by atoms with Crippen molar-refractivity contribution < 1.29 is 13.5 Å². The Hall–Kier alpha value is -0.180. The molecule has 0 amide bonds. The van der Waals surface area contributed by atoms with Gasteiger partial charge in [-0.1, -0.05) is 0 Å². The lowest BCUT2D eigenvalue weighted by molar-refractivity contribution is -0.128. The summed E-state index contributed by atoms with van der Waals surface area (Å²) in [5.41, 5.74) is 0. The number of ether oxygens (including phenoxy) is 1. The van der Waals surface area contributed by atoms with E-state index in [0.29, 0.717) is 12.3 Å². The van der Waals surface area contributed by atoms with E-state index < -0.39 is 6.61 Å². The third-order valence-electron chi connectivity index (χ3n) is 1.48. The van der Waals surface area contributed by atoms with E-state index in [1.807, 2.05) is 0 Å². The third-order valence-corrected chi connectivity index (χ3v) is 1.48. The first-order valence-corrected chi connectivity index (χ1v) is 3.52. The Morgan fingerprint density at radius 3 is 2.70 bits per heavy atom. The molecule has 1 fully saturated rings. The highest BCUT2D eigenvalue weighted by Crippen LogP contribution is 2.32. The molecule has 0 aromatic heterocycles. The van der Waals surface area contributed by atoms with Gasteiger partial charge in [0.1, 0.15) is 0 Å². The molecule has 0 aromatic carbocycles. The van der Waals surface area contributed by atoms with Crippen molar-refractivity contribution in [2.24, 2.45) is 5.92 Å². The van der Waals surface area contributed by atoms with Crippen LogP contribution in [-0.2, 0) is 4.74 Å². The summed E-state index contributed by atoms with van der Waals surface area (Å²) in [6.45, 7) is -2.44. The zero-order valence-electron chi connectivity index (χ0n) is 5.72. The molecule has 0 N–H and O–H groups in total. The van der Waals surface area contributed by atoms with Crippen molar-refractivity contribution in [3.8, 4) is 0 Å². The molecule has 59 valence electrons. The molecular weight excluding hydrogens is 138 g/mol. The van der Waals surface area contributed by atoms with Gasteiger partial charge in [0.05, 0.1) is 6.61 Å². The third kappa shape index (κ3) is 3.77. The summed E-state index contributed by atoms with van der Waals surface area (Å²) < 4.78 is 26.7. The van der Waals surface area contributed by atoms with Crippen LogP contribution >= 0.6 is 0 Å². The summed E-state index contributed by atoms with van der Waals surface area (Å²) in [6.07, 6.45) is 5.18. The van der Waals surface area contributed by atoms with Gasteiger partial charge in [0, 0.05) is 0 Å². The first-order valence-electron chi connectivity index (χ1n) is 3.52. The smallest absolute Gasteiger partial charge is 0.323 e. The molecule has 1 saturated carbocycles. The van der Waals surface area contributed by atoms with Crippen LogP contribution in [0.1, 0.15) is 19.3 Å². The number of hydrogen-bond acceptors (Lipinski definition) is 1. The molecule has 0 saturated heterocycles. The number of hydrogen-bond donors (Lipinski definition) is 0. The van der Waals surface area contributed by atoms with Crippen LogP contribution < -0.4 is 0 Å². The second-order valence-electron chi connectivity index (χ2n) is 2.49. The Bertz CT molecular complexity index is 87.6. The first-order chi connectivity index (χ1) is 4.79. The van der Waals surface area contributed by atoms with Crippen LogP contribution in [0.15, 0.2) is 0 Å². The van der Waals surface area contributed by atoms with Gasteiger partial charge in [0.15, 0.2) is 0 Å². The van der Waals surface area contributed by atoms with Crippen molar-refractivity contribution in [2.75, 3.05) is 6.61 Å². The lowest BCUT2D eigenvalue weighted by atomic mass is 10.2. The topological polar surface area (TPSA) is 9.23 Å². The van der Waals surface area contributed by atoms with E-state index >= 15 is 0 Å². The van der Waals surface area contributed by atoms with Crippen LogP contribution in [0.25, 0.3) is 0 Å². The first kappa shape index (κ1) is 7.92. The molecule has 0 atom stereocenters. The van der Waals surface area contributed by atoms with Crippen molar-refractivity contribution in [2.45, 2.75) is 25.9 Å². The summed E-state index contributed by atoms with van der Waals surface area (Å²) >= 11 is 0. The average Bonchev–Trinajstić information content (AvgIpc) is 2.62. The van der Waals surface area contributed by atoms with E-state index in [-0.39, 0.29) is 6.61 Å². The monoisotopic (exact) mass is 149 g/mol. The lowest BCUT2D eigenvalue weighted by Gasteiger charge is -1.99. The van der Waals surface area contributed by atoms with Gasteiger partial charge >= 0.3 is 6.61 Å². The second kappa shape index (κ2) is 3.86. The predicted molar refractivity (Wildman–Crippen MR) is 33.6 cm³/mol. The van der Waals surface area contributed by atoms with Crippen LogP contribution in [0, 0.1) is 12.3 Å². The van der Waals surface area contributed by atoms with Gasteiger partial charge < -0.3 is 4.74 Å². The molecule has 0 bridgehead atoms. The maximum absolute atomic E-state index is 11.3. The standard InChI is InChI=1S/C7H11F2O/c8-7(9)10-5-1-2-6-3-4-6/h2,6-7H,1,3-5H2. The minimum atomic E-state index is -2.60. The Balaban J connectivity index is 1.76. The minimum Gasteiger partial charge on any atom is -0.323 e. The van der Waals surface area contributed by atoms with Gasteiger partial charge in [-0.2, -0.15) is 8.78 Å². The molecule has 0 heterocycles. The largest absolute Gasteiger partial charge is 0.345 e. The summed E-state index contributed by atoms with van der Waals surface area (Å²) in [7, 11) is 0. The SMILES string of the molecule is FC(F)OCC[CH]C1CC1. The fourth-order valence-electron chi connectivity index (χ4n) is 0.793. The highest BCUT2D eigenvalue weighted by Gasteiger charge is 2.20. The second-order valence-corrected chi connectivity index (χ2v) is 2.49. The molecule has 10 heavy (non-hydrogen) atoms. The van der Waals surface area contributed by atoms with Gasteiger partial charge in [-0.25, -0.2) is 0 Å². The van der Waals surface area contributed by atoms with E-state index in [9.17, 15) is 8.78 Å². The maximum atomic E-state index is 11.3. The molecule has 0 spiro atoms. The quantitative estimate of drug-likeness (QED) is 0.544.